The van der Waals surface area contributed by atoms with E-state index < -0.39 is 0 Å². The molecule has 4 rings (SSSR count). The normalized spacial score (nSPS) is 11.5. The summed E-state index contributed by atoms with van der Waals surface area (Å²) < 4.78 is 3.08. The second-order valence-electron chi connectivity index (χ2n) is 4.88. The Kier molecular flexibility index (Phi) is 2.37. The lowest BCUT2D eigenvalue weighted by Crippen LogP contribution is -1.97. The van der Waals surface area contributed by atoms with Crippen molar-refractivity contribution in [2.75, 3.05) is 0 Å². The summed E-state index contributed by atoms with van der Waals surface area (Å²) in [6.07, 6.45) is 1.85. The molecule has 0 unspecified atom stereocenters. The lowest BCUT2D eigenvalue weighted by molar-refractivity contribution is 0.896. The molecule has 0 saturated carbocycles. The lowest BCUT2D eigenvalue weighted by atomic mass is 10.1. The van der Waals surface area contributed by atoms with Gasteiger partial charge in [-0.15, -0.1) is 11.3 Å². The van der Waals surface area contributed by atoms with E-state index in [-0.39, 0.29) is 0 Å². The number of benzene rings is 1. The van der Waals surface area contributed by atoms with Gasteiger partial charge in [0, 0.05) is 16.8 Å². The van der Waals surface area contributed by atoms with Crippen LogP contribution in [0.1, 0.15) is 11.3 Å². The van der Waals surface area contributed by atoms with Gasteiger partial charge in [0.1, 0.15) is 0 Å². The van der Waals surface area contributed by atoms with Crippen LogP contribution in [0.15, 0.2) is 36.0 Å². The zero-order valence-electron chi connectivity index (χ0n) is 11.2. The quantitative estimate of drug-likeness (QED) is 0.535. The number of hydrogen-bond donors (Lipinski definition) is 0. The van der Waals surface area contributed by atoms with E-state index in [1.165, 1.54) is 4.70 Å². The van der Waals surface area contributed by atoms with Crippen molar-refractivity contribution in [3.63, 3.8) is 0 Å². The zero-order valence-corrected chi connectivity index (χ0v) is 12.0. The molecule has 3 aromatic heterocycles. The van der Waals surface area contributed by atoms with E-state index in [4.69, 9.17) is 4.98 Å². The van der Waals surface area contributed by atoms with Gasteiger partial charge in [-0.2, -0.15) is 5.10 Å². The molecular formula is C15H12N4S. The molecule has 0 saturated heterocycles. The van der Waals surface area contributed by atoms with Crippen molar-refractivity contribution in [1.82, 2.24) is 19.6 Å². The molecule has 0 N–H and O–H groups in total. The Labute approximate surface area is 119 Å². The Balaban J connectivity index is 1.98. The summed E-state index contributed by atoms with van der Waals surface area (Å²) in [4.78, 5) is 9.10. The van der Waals surface area contributed by atoms with Gasteiger partial charge in [-0.1, -0.05) is 6.07 Å². The highest BCUT2D eigenvalue weighted by molar-refractivity contribution is 7.16. The summed E-state index contributed by atoms with van der Waals surface area (Å²) >= 11 is 1.66. The Bertz CT molecular complexity index is 936. The molecule has 98 valence electrons. The second kappa shape index (κ2) is 4.11. The van der Waals surface area contributed by atoms with Gasteiger partial charge in [0.05, 0.1) is 27.6 Å². The van der Waals surface area contributed by atoms with Crippen LogP contribution in [0.2, 0.25) is 0 Å². The average Bonchev–Trinajstić information content (AvgIpc) is 3.05. The number of fused-ring (bicyclic) bond motifs is 2. The van der Waals surface area contributed by atoms with E-state index in [1.807, 2.05) is 30.1 Å². The van der Waals surface area contributed by atoms with Crippen molar-refractivity contribution >= 4 is 27.2 Å². The molecule has 1 aromatic carbocycles. The smallest absolute Gasteiger partial charge is 0.158 e. The summed E-state index contributed by atoms with van der Waals surface area (Å²) in [7, 11) is 0. The molecule has 0 aliphatic rings. The molecule has 5 heteroatoms. The number of aryl methyl sites for hydroxylation is 2. The van der Waals surface area contributed by atoms with Crippen LogP contribution in [0.25, 0.3) is 27.1 Å². The van der Waals surface area contributed by atoms with Crippen LogP contribution in [0.4, 0.5) is 0 Å². The van der Waals surface area contributed by atoms with Gasteiger partial charge in [0.25, 0.3) is 0 Å². The van der Waals surface area contributed by atoms with E-state index in [0.717, 1.165) is 33.7 Å². The number of nitrogens with zero attached hydrogens (tertiary/aromatic N) is 4. The molecule has 0 amide bonds. The predicted molar refractivity (Wildman–Crippen MR) is 81.1 cm³/mol. The van der Waals surface area contributed by atoms with Gasteiger partial charge in [-0.3, -0.25) is 0 Å². The van der Waals surface area contributed by atoms with Gasteiger partial charge in [-0.05, 0) is 32.0 Å². The van der Waals surface area contributed by atoms with E-state index >= 15 is 0 Å². The Morgan fingerprint density at radius 2 is 2.05 bits per heavy atom. The first kappa shape index (κ1) is 11.5. The summed E-state index contributed by atoms with van der Waals surface area (Å²) in [5, 5.41) is 4.34. The van der Waals surface area contributed by atoms with Crippen LogP contribution < -0.4 is 0 Å². The molecule has 4 aromatic rings. The Hall–Kier alpha value is -2.27. The van der Waals surface area contributed by atoms with Crippen molar-refractivity contribution in [3.8, 4) is 11.3 Å². The highest BCUT2D eigenvalue weighted by Gasteiger charge is 2.09. The maximum Gasteiger partial charge on any atom is 0.158 e. The Morgan fingerprint density at radius 3 is 2.95 bits per heavy atom. The first-order valence-corrected chi connectivity index (χ1v) is 7.26. The van der Waals surface area contributed by atoms with Crippen LogP contribution in [-0.4, -0.2) is 19.6 Å². The monoisotopic (exact) mass is 280 g/mol. The summed E-state index contributed by atoms with van der Waals surface area (Å²) in [5.74, 6) is 0. The third-order valence-electron chi connectivity index (χ3n) is 3.45. The second-order valence-corrected chi connectivity index (χ2v) is 5.77. The van der Waals surface area contributed by atoms with Gasteiger partial charge < -0.3 is 0 Å². The van der Waals surface area contributed by atoms with E-state index in [1.54, 1.807) is 11.3 Å². The van der Waals surface area contributed by atoms with Gasteiger partial charge in [0.15, 0.2) is 5.65 Å². The molecular weight excluding hydrogens is 268 g/mol. The van der Waals surface area contributed by atoms with Crippen LogP contribution >= 0.6 is 11.3 Å². The highest BCUT2D eigenvalue weighted by Crippen LogP contribution is 2.26. The fraction of sp³-hybridized carbons (Fsp3) is 0.133. The number of rotatable bonds is 1. The van der Waals surface area contributed by atoms with Crippen molar-refractivity contribution in [3.05, 3.63) is 47.2 Å². The van der Waals surface area contributed by atoms with Crippen LogP contribution in [0.3, 0.4) is 0 Å². The van der Waals surface area contributed by atoms with Gasteiger partial charge in [0.2, 0.25) is 0 Å². The molecule has 0 aliphatic heterocycles. The molecule has 20 heavy (non-hydrogen) atoms. The van der Waals surface area contributed by atoms with Crippen LogP contribution in [0.5, 0.6) is 0 Å². The molecule has 0 radical (unpaired) electrons. The maximum atomic E-state index is 4.73. The van der Waals surface area contributed by atoms with Gasteiger partial charge >= 0.3 is 0 Å². The molecule has 0 aliphatic carbocycles. The minimum Gasteiger partial charge on any atom is -0.245 e. The Morgan fingerprint density at radius 1 is 1.15 bits per heavy atom. The predicted octanol–water partition coefficient (Wildman–Crippen LogP) is 3.62. The number of thiazole rings is 1. The summed E-state index contributed by atoms with van der Waals surface area (Å²) in [6.45, 7) is 4.08. The van der Waals surface area contributed by atoms with E-state index in [9.17, 15) is 0 Å². The third-order valence-corrected chi connectivity index (χ3v) is 4.26. The van der Waals surface area contributed by atoms with Crippen molar-refractivity contribution < 1.29 is 0 Å². The first-order chi connectivity index (χ1) is 9.72. The van der Waals surface area contributed by atoms with E-state index in [0.29, 0.717) is 0 Å². The topological polar surface area (TPSA) is 43.1 Å². The van der Waals surface area contributed by atoms with Crippen LogP contribution in [0, 0.1) is 13.8 Å². The minimum atomic E-state index is 0.915. The van der Waals surface area contributed by atoms with Gasteiger partial charge in [-0.25, -0.2) is 14.5 Å². The lowest BCUT2D eigenvalue weighted by Gasteiger charge is -2.05. The molecule has 0 bridgehead atoms. The summed E-state index contributed by atoms with van der Waals surface area (Å²) in [6, 6.07) is 8.36. The minimum absolute atomic E-state index is 0.915. The van der Waals surface area contributed by atoms with Crippen molar-refractivity contribution in [1.29, 1.82) is 0 Å². The maximum absolute atomic E-state index is 4.73. The van der Waals surface area contributed by atoms with Crippen LogP contribution in [-0.2, 0) is 0 Å². The average molecular weight is 280 g/mol. The fourth-order valence-electron chi connectivity index (χ4n) is 2.39. The standard InChI is InChI=1S/C15H12N4S/c1-9-7-17-19-10(2)5-12(18-15(9)19)11-3-4-14-13(6-11)16-8-20-14/h3-8H,1-2H3. The zero-order chi connectivity index (χ0) is 13.7. The largest absolute Gasteiger partial charge is 0.245 e. The molecule has 0 fully saturated rings. The molecule has 0 atom stereocenters. The summed E-state index contributed by atoms with van der Waals surface area (Å²) in [5.41, 5.74) is 8.04. The van der Waals surface area contributed by atoms with Crippen molar-refractivity contribution in [2.24, 2.45) is 0 Å². The number of hydrogen-bond acceptors (Lipinski definition) is 4. The molecule has 0 spiro atoms. The molecule has 3 heterocycles. The van der Waals surface area contributed by atoms with Crippen molar-refractivity contribution in [2.45, 2.75) is 13.8 Å². The highest BCUT2D eigenvalue weighted by atomic mass is 32.1. The SMILES string of the molecule is Cc1cnn2c(C)cc(-c3ccc4scnc4c3)nc12. The molecule has 4 nitrogen and oxygen atoms in total. The number of aromatic nitrogens is 4. The first-order valence-electron chi connectivity index (χ1n) is 6.38. The van der Waals surface area contributed by atoms with E-state index in [2.05, 4.69) is 34.3 Å². The fourth-order valence-corrected chi connectivity index (χ4v) is 3.05. The third kappa shape index (κ3) is 1.63.